The van der Waals surface area contributed by atoms with Crippen LogP contribution in [0.3, 0.4) is 0 Å². The molecule has 1 aromatic rings. The number of aromatic nitrogens is 2. The lowest BCUT2D eigenvalue weighted by Crippen LogP contribution is -2.25. The van der Waals surface area contributed by atoms with Crippen molar-refractivity contribution in [2.75, 3.05) is 16.8 Å². The quantitative estimate of drug-likeness (QED) is 0.835. The predicted octanol–water partition coefficient (Wildman–Crippen LogP) is 2.40. The number of rotatable bonds is 2. The van der Waals surface area contributed by atoms with Gasteiger partial charge in [-0.3, -0.25) is 4.98 Å². The van der Waals surface area contributed by atoms with Crippen LogP contribution in [0.2, 0.25) is 0 Å². The van der Waals surface area contributed by atoms with Crippen molar-refractivity contribution < 1.29 is 0 Å². The molecule has 82 valence electrons. The summed E-state index contributed by atoms with van der Waals surface area (Å²) in [5.41, 5.74) is 2.03. The van der Waals surface area contributed by atoms with Crippen LogP contribution in [-0.2, 0) is 0 Å². The first-order valence-corrected chi connectivity index (χ1v) is 6.55. The Hall–Kier alpha value is -0.770. The molecule has 4 heteroatoms. The number of nitrogens with one attached hydrogen (secondary N) is 1. The highest BCUT2D eigenvalue weighted by Crippen LogP contribution is 2.20. The maximum absolute atomic E-state index is 4.49. The number of anilines is 1. The molecule has 1 aliphatic heterocycles. The van der Waals surface area contributed by atoms with E-state index in [2.05, 4.69) is 15.3 Å². The van der Waals surface area contributed by atoms with Gasteiger partial charge in [0.05, 0.1) is 17.6 Å². The van der Waals surface area contributed by atoms with E-state index in [9.17, 15) is 0 Å². The van der Waals surface area contributed by atoms with E-state index in [0.29, 0.717) is 6.04 Å². The third-order valence-electron chi connectivity index (χ3n) is 2.77. The summed E-state index contributed by atoms with van der Waals surface area (Å²) in [6.07, 6.45) is 4.31. The van der Waals surface area contributed by atoms with Crippen molar-refractivity contribution in [2.45, 2.75) is 32.7 Å². The van der Waals surface area contributed by atoms with E-state index < -0.39 is 0 Å². The largest absolute Gasteiger partial charge is 0.366 e. The zero-order valence-corrected chi connectivity index (χ0v) is 10.1. The average molecular weight is 223 g/mol. The van der Waals surface area contributed by atoms with Crippen LogP contribution < -0.4 is 5.32 Å². The van der Waals surface area contributed by atoms with E-state index in [1.165, 1.54) is 24.3 Å². The van der Waals surface area contributed by atoms with Crippen LogP contribution in [-0.4, -0.2) is 27.5 Å². The first-order chi connectivity index (χ1) is 7.25. The van der Waals surface area contributed by atoms with Gasteiger partial charge in [-0.25, -0.2) is 4.98 Å². The molecule has 0 aromatic carbocycles. The molecule has 0 unspecified atom stereocenters. The molecule has 0 saturated carbocycles. The number of hydrogen-bond donors (Lipinski definition) is 1. The fourth-order valence-corrected chi connectivity index (χ4v) is 2.77. The summed E-state index contributed by atoms with van der Waals surface area (Å²) in [5, 5.41) is 3.46. The Bertz CT molecular complexity index is 335. The molecule has 0 bridgehead atoms. The Morgan fingerprint density at radius 1 is 1.27 bits per heavy atom. The summed E-state index contributed by atoms with van der Waals surface area (Å²) in [4.78, 5) is 8.80. The van der Waals surface area contributed by atoms with Gasteiger partial charge in [0.25, 0.3) is 0 Å². The summed E-state index contributed by atoms with van der Waals surface area (Å²) < 4.78 is 0. The molecule has 1 aliphatic rings. The Morgan fingerprint density at radius 2 is 2.00 bits per heavy atom. The Kier molecular flexibility index (Phi) is 3.46. The fourth-order valence-electron chi connectivity index (χ4n) is 1.66. The van der Waals surface area contributed by atoms with Crippen molar-refractivity contribution in [3.63, 3.8) is 0 Å². The molecule has 0 aliphatic carbocycles. The van der Waals surface area contributed by atoms with E-state index >= 15 is 0 Å². The van der Waals surface area contributed by atoms with Gasteiger partial charge in [0, 0.05) is 6.04 Å². The summed E-state index contributed by atoms with van der Waals surface area (Å²) >= 11 is 2.04. The number of thioether (sulfide) groups is 1. The molecule has 1 aromatic heterocycles. The second-order valence-electron chi connectivity index (χ2n) is 3.96. The van der Waals surface area contributed by atoms with Crippen molar-refractivity contribution in [3.05, 3.63) is 17.6 Å². The highest BCUT2D eigenvalue weighted by Gasteiger charge is 2.13. The van der Waals surface area contributed by atoms with E-state index in [-0.39, 0.29) is 0 Å². The molecule has 2 heterocycles. The highest BCUT2D eigenvalue weighted by molar-refractivity contribution is 7.99. The molecule has 0 atom stereocenters. The average Bonchev–Trinajstić information content (AvgIpc) is 2.25. The van der Waals surface area contributed by atoms with Crippen molar-refractivity contribution >= 4 is 17.6 Å². The van der Waals surface area contributed by atoms with Crippen LogP contribution in [0.1, 0.15) is 24.2 Å². The Labute approximate surface area is 95.1 Å². The zero-order valence-electron chi connectivity index (χ0n) is 9.29. The SMILES string of the molecule is Cc1ncc(NC2CCSCC2)nc1C. The van der Waals surface area contributed by atoms with E-state index in [0.717, 1.165) is 17.2 Å². The smallest absolute Gasteiger partial charge is 0.145 e. The first-order valence-electron chi connectivity index (χ1n) is 5.40. The molecule has 1 saturated heterocycles. The summed E-state index contributed by atoms with van der Waals surface area (Å²) in [6.45, 7) is 3.99. The topological polar surface area (TPSA) is 37.8 Å². The van der Waals surface area contributed by atoms with Gasteiger partial charge in [0.2, 0.25) is 0 Å². The van der Waals surface area contributed by atoms with Crippen LogP contribution in [0.25, 0.3) is 0 Å². The van der Waals surface area contributed by atoms with Gasteiger partial charge >= 0.3 is 0 Å². The fraction of sp³-hybridized carbons (Fsp3) is 0.636. The summed E-state index contributed by atoms with van der Waals surface area (Å²) in [7, 11) is 0. The van der Waals surface area contributed by atoms with Gasteiger partial charge in [0.1, 0.15) is 5.82 Å². The molecule has 0 radical (unpaired) electrons. The third kappa shape index (κ3) is 2.84. The summed E-state index contributed by atoms with van der Waals surface area (Å²) in [6, 6.07) is 0.586. The minimum absolute atomic E-state index is 0.586. The Balaban J connectivity index is 2.00. The molecular formula is C11H17N3S. The minimum Gasteiger partial charge on any atom is -0.366 e. The van der Waals surface area contributed by atoms with Crippen molar-refractivity contribution in [2.24, 2.45) is 0 Å². The van der Waals surface area contributed by atoms with Gasteiger partial charge in [-0.2, -0.15) is 11.8 Å². The van der Waals surface area contributed by atoms with Crippen LogP contribution in [0.15, 0.2) is 6.20 Å². The zero-order chi connectivity index (χ0) is 10.7. The Morgan fingerprint density at radius 3 is 2.67 bits per heavy atom. The van der Waals surface area contributed by atoms with Gasteiger partial charge in [0.15, 0.2) is 0 Å². The predicted molar refractivity (Wildman–Crippen MR) is 65.5 cm³/mol. The van der Waals surface area contributed by atoms with Crippen molar-refractivity contribution in [3.8, 4) is 0 Å². The van der Waals surface area contributed by atoms with Gasteiger partial charge in [-0.05, 0) is 38.2 Å². The van der Waals surface area contributed by atoms with Crippen LogP contribution in [0, 0.1) is 13.8 Å². The van der Waals surface area contributed by atoms with E-state index in [1.54, 1.807) is 0 Å². The molecule has 0 amide bonds. The standard InChI is InChI=1S/C11H17N3S/c1-8-9(2)13-11(7-12-8)14-10-3-5-15-6-4-10/h7,10H,3-6H2,1-2H3,(H,13,14). The lowest BCUT2D eigenvalue weighted by atomic mass is 10.1. The minimum atomic E-state index is 0.586. The highest BCUT2D eigenvalue weighted by atomic mass is 32.2. The number of aryl methyl sites for hydroxylation is 2. The normalized spacial score (nSPS) is 17.7. The molecule has 15 heavy (non-hydrogen) atoms. The van der Waals surface area contributed by atoms with Crippen LogP contribution >= 0.6 is 11.8 Å². The van der Waals surface area contributed by atoms with E-state index in [4.69, 9.17) is 0 Å². The molecular weight excluding hydrogens is 206 g/mol. The molecule has 3 nitrogen and oxygen atoms in total. The van der Waals surface area contributed by atoms with Gasteiger partial charge < -0.3 is 5.32 Å². The summed E-state index contributed by atoms with van der Waals surface area (Å²) in [5.74, 6) is 3.45. The third-order valence-corrected chi connectivity index (χ3v) is 3.81. The second-order valence-corrected chi connectivity index (χ2v) is 5.18. The molecule has 1 fully saturated rings. The molecule has 1 N–H and O–H groups in total. The van der Waals surface area contributed by atoms with Crippen molar-refractivity contribution in [1.29, 1.82) is 0 Å². The van der Waals surface area contributed by atoms with Crippen LogP contribution in [0.5, 0.6) is 0 Å². The molecule has 2 rings (SSSR count). The van der Waals surface area contributed by atoms with Gasteiger partial charge in [-0.1, -0.05) is 0 Å². The number of nitrogens with zero attached hydrogens (tertiary/aromatic N) is 2. The van der Waals surface area contributed by atoms with Crippen molar-refractivity contribution in [1.82, 2.24) is 9.97 Å². The van der Waals surface area contributed by atoms with Gasteiger partial charge in [-0.15, -0.1) is 0 Å². The lowest BCUT2D eigenvalue weighted by Gasteiger charge is -2.23. The monoisotopic (exact) mass is 223 g/mol. The maximum Gasteiger partial charge on any atom is 0.145 e. The first kappa shape index (κ1) is 10.7. The molecule has 0 spiro atoms. The second kappa shape index (κ2) is 4.84. The van der Waals surface area contributed by atoms with Crippen LogP contribution in [0.4, 0.5) is 5.82 Å². The van der Waals surface area contributed by atoms with E-state index in [1.807, 2.05) is 31.8 Å². The number of hydrogen-bond acceptors (Lipinski definition) is 4. The maximum atomic E-state index is 4.49. The lowest BCUT2D eigenvalue weighted by molar-refractivity contribution is 0.662.